The van der Waals surface area contributed by atoms with Crippen LogP contribution >= 0.6 is 11.3 Å². The van der Waals surface area contributed by atoms with Crippen molar-refractivity contribution >= 4 is 17.0 Å². The third-order valence-electron chi connectivity index (χ3n) is 3.20. The van der Waals surface area contributed by atoms with Gasteiger partial charge in [-0.25, -0.2) is 0 Å². The van der Waals surface area contributed by atoms with E-state index in [1.165, 1.54) is 10.4 Å². The summed E-state index contributed by atoms with van der Waals surface area (Å²) in [5.41, 5.74) is 2.11. The van der Waals surface area contributed by atoms with Crippen LogP contribution in [-0.2, 0) is 0 Å². The Balaban J connectivity index is 1.82. The van der Waals surface area contributed by atoms with E-state index in [9.17, 15) is 0 Å². The number of rotatable bonds is 2. The molecule has 0 saturated carbocycles. The molecule has 0 atom stereocenters. The summed E-state index contributed by atoms with van der Waals surface area (Å²) in [6.45, 7) is 0. The zero-order valence-corrected chi connectivity index (χ0v) is 11.4. The molecule has 0 aliphatic heterocycles. The van der Waals surface area contributed by atoms with Crippen molar-refractivity contribution in [2.45, 2.75) is 0 Å². The lowest BCUT2D eigenvalue weighted by atomic mass is 10.2. The molecular formula is C16H11N3S. The molecule has 0 spiro atoms. The quantitative estimate of drug-likeness (QED) is 0.551. The summed E-state index contributed by atoms with van der Waals surface area (Å²) in [4.78, 5) is 2.37. The van der Waals surface area contributed by atoms with Crippen LogP contribution in [0.5, 0.6) is 0 Å². The fourth-order valence-electron chi connectivity index (χ4n) is 2.23. The number of thiophene rings is 1. The van der Waals surface area contributed by atoms with Crippen LogP contribution in [0, 0.1) is 0 Å². The SMILES string of the molecule is c1ccc(-c2ccc(-c3nnc4ccccn34)s2)cc1. The minimum Gasteiger partial charge on any atom is -0.282 e. The molecule has 3 aromatic heterocycles. The first-order chi connectivity index (χ1) is 9.92. The van der Waals surface area contributed by atoms with Crippen molar-refractivity contribution in [1.29, 1.82) is 0 Å². The van der Waals surface area contributed by atoms with Gasteiger partial charge in [-0.3, -0.25) is 4.40 Å². The van der Waals surface area contributed by atoms with Crippen LogP contribution in [0.1, 0.15) is 0 Å². The molecular weight excluding hydrogens is 266 g/mol. The van der Waals surface area contributed by atoms with Gasteiger partial charge in [0.25, 0.3) is 0 Å². The Hall–Kier alpha value is -2.46. The highest BCUT2D eigenvalue weighted by Gasteiger charge is 2.10. The number of hydrogen-bond acceptors (Lipinski definition) is 3. The van der Waals surface area contributed by atoms with E-state index in [2.05, 4.69) is 46.6 Å². The molecule has 20 heavy (non-hydrogen) atoms. The Morgan fingerprint density at radius 3 is 2.45 bits per heavy atom. The van der Waals surface area contributed by atoms with Crippen molar-refractivity contribution in [3.05, 3.63) is 66.9 Å². The lowest BCUT2D eigenvalue weighted by Gasteiger charge is -1.96. The highest BCUT2D eigenvalue weighted by atomic mass is 32.1. The molecule has 4 aromatic rings. The minimum absolute atomic E-state index is 0.872. The lowest BCUT2D eigenvalue weighted by Crippen LogP contribution is -1.85. The largest absolute Gasteiger partial charge is 0.282 e. The van der Waals surface area contributed by atoms with Gasteiger partial charge in [0, 0.05) is 11.1 Å². The first-order valence-electron chi connectivity index (χ1n) is 6.37. The Morgan fingerprint density at radius 1 is 0.750 bits per heavy atom. The van der Waals surface area contributed by atoms with Gasteiger partial charge >= 0.3 is 0 Å². The van der Waals surface area contributed by atoms with Gasteiger partial charge in [0.15, 0.2) is 11.5 Å². The normalized spacial score (nSPS) is 11.0. The predicted molar refractivity (Wildman–Crippen MR) is 81.7 cm³/mol. The molecule has 0 saturated heterocycles. The first-order valence-corrected chi connectivity index (χ1v) is 7.19. The van der Waals surface area contributed by atoms with Gasteiger partial charge in [-0.1, -0.05) is 36.4 Å². The van der Waals surface area contributed by atoms with Crippen LogP contribution in [0.25, 0.3) is 26.8 Å². The molecule has 96 valence electrons. The number of benzene rings is 1. The molecule has 4 heteroatoms. The highest BCUT2D eigenvalue weighted by Crippen LogP contribution is 2.33. The van der Waals surface area contributed by atoms with Crippen LogP contribution in [0.3, 0.4) is 0 Å². The number of nitrogens with zero attached hydrogens (tertiary/aromatic N) is 3. The fourth-order valence-corrected chi connectivity index (χ4v) is 3.22. The molecule has 0 amide bonds. The van der Waals surface area contributed by atoms with E-state index in [1.54, 1.807) is 11.3 Å². The van der Waals surface area contributed by atoms with Gasteiger partial charge in [-0.05, 0) is 29.8 Å². The third kappa shape index (κ3) is 1.82. The molecule has 0 aliphatic rings. The maximum atomic E-state index is 4.30. The topological polar surface area (TPSA) is 30.2 Å². The smallest absolute Gasteiger partial charge is 0.178 e. The second kappa shape index (κ2) is 4.58. The van der Waals surface area contributed by atoms with Crippen molar-refractivity contribution in [2.24, 2.45) is 0 Å². The summed E-state index contributed by atoms with van der Waals surface area (Å²) in [5.74, 6) is 0.896. The molecule has 0 radical (unpaired) electrons. The maximum Gasteiger partial charge on any atom is 0.178 e. The summed E-state index contributed by atoms with van der Waals surface area (Å²) in [6.07, 6.45) is 1.99. The number of pyridine rings is 1. The van der Waals surface area contributed by atoms with E-state index in [0.717, 1.165) is 16.3 Å². The van der Waals surface area contributed by atoms with E-state index in [-0.39, 0.29) is 0 Å². The standard InChI is InChI=1S/C16H11N3S/c1-2-6-12(7-3-1)13-9-10-14(20-13)16-18-17-15-8-4-5-11-19(15)16/h1-11H. The van der Waals surface area contributed by atoms with Gasteiger partial charge < -0.3 is 0 Å². The van der Waals surface area contributed by atoms with Gasteiger partial charge in [-0.2, -0.15) is 0 Å². The zero-order chi connectivity index (χ0) is 13.4. The number of hydrogen-bond donors (Lipinski definition) is 0. The van der Waals surface area contributed by atoms with Gasteiger partial charge in [0.1, 0.15) is 0 Å². The molecule has 1 aromatic carbocycles. The molecule has 0 aliphatic carbocycles. The van der Waals surface area contributed by atoms with Gasteiger partial charge in [0.2, 0.25) is 0 Å². The second-order valence-electron chi connectivity index (χ2n) is 4.48. The van der Waals surface area contributed by atoms with Crippen LogP contribution in [0.4, 0.5) is 0 Å². The number of fused-ring (bicyclic) bond motifs is 1. The van der Waals surface area contributed by atoms with E-state index >= 15 is 0 Å². The minimum atomic E-state index is 0.872. The molecule has 3 nitrogen and oxygen atoms in total. The molecule has 0 N–H and O–H groups in total. The summed E-state index contributed by atoms with van der Waals surface area (Å²) < 4.78 is 2.01. The average Bonchev–Trinajstić information content (AvgIpc) is 3.14. The molecule has 0 bridgehead atoms. The predicted octanol–water partition coefficient (Wildman–Crippen LogP) is 4.12. The lowest BCUT2D eigenvalue weighted by molar-refractivity contribution is 1.12. The van der Waals surface area contributed by atoms with Crippen molar-refractivity contribution in [1.82, 2.24) is 14.6 Å². The average molecular weight is 277 g/mol. The van der Waals surface area contributed by atoms with E-state index in [1.807, 2.05) is 34.9 Å². The monoisotopic (exact) mass is 277 g/mol. The molecule has 0 fully saturated rings. The van der Waals surface area contributed by atoms with Crippen molar-refractivity contribution < 1.29 is 0 Å². The van der Waals surface area contributed by atoms with Crippen molar-refractivity contribution in [3.8, 4) is 21.1 Å². The van der Waals surface area contributed by atoms with E-state index in [0.29, 0.717) is 0 Å². The fraction of sp³-hybridized carbons (Fsp3) is 0. The Morgan fingerprint density at radius 2 is 1.55 bits per heavy atom. The van der Waals surface area contributed by atoms with Crippen LogP contribution in [0.2, 0.25) is 0 Å². The summed E-state index contributed by atoms with van der Waals surface area (Å²) in [7, 11) is 0. The Bertz CT molecular complexity index is 861. The van der Waals surface area contributed by atoms with E-state index < -0.39 is 0 Å². The van der Waals surface area contributed by atoms with E-state index in [4.69, 9.17) is 0 Å². The molecule has 4 rings (SSSR count). The van der Waals surface area contributed by atoms with Crippen LogP contribution in [-0.4, -0.2) is 14.6 Å². The maximum absolute atomic E-state index is 4.30. The van der Waals surface area contributed by atoms with Crippen LogP contribution < -0.4 is 0 Å². The first kappa shape index (κ1) is 11.4. The summed E-state index contributed by atoms with van der Waals surface area (Å²) in [5, 5.41) is 8.49. The third-order valence-corrected chi connectivity index (χ3v) is 4.33. The Kier molecular flexibility index (Phi) is 2.60. The highest BCUT2D eigenvalue weighted by molar-refractivity contribution is 7.18. The number of aromatic nitrogens is 3. The zero-order valence-electron chi connectivity index (χ0n) is 10.6. The van der Waals surface area contributed by atoms with Crippen molar-refractivity contribution in [3.63, 3.8) is 0 Å². The second-order valence-corrected chi connectivity index (χ2v) is 5.57. The molecule has 3 heterocycles. The summed E-state index contributed by atoms with van der Waals surface area (Å²) >= 11 is 1.74. The van der Waals surface area contributed by atoms with Gasteiger partial charge in [-0.15, -0.1) is 21.5 Å². The molecule has 0 unspecified atom stereocenters. The van der Waals surface area contributed by atoms with Gasteiger partial charge in [0.05, 0.1) is 4.88 Å². The van der Waals surface area contributed by atoms with Crippen molar-refractivity contribution in [2.75, 3.05) is 0 Å². The van der Waals surface area contributed by atoms with Crippen LogP contribution in [0.15, 0.2) is 66.9 Å². The Labute approximate surface area is 120 Å². The summed E-state index contributed by atoms with van der Waals surface area (Å²) in [6, 6.07) is 20.6.